The van der Waals surface area contributed by atoms with Crippen molar-refractivity contribution in [3.63, 3.8) is 0 Å². The lowest BCUT2D eigenvalue weighted by Gasteiger charge is -2.14. The van der Waals surface area contributed by atoms with Gasteiger partial charge in [0.05, 0.1) is 43.6 Å². The van der Waals surface area contributed by atoms with Crippen molar-refractivity contribution in [2.45, 2.75) is 9.79 Å². The molecule has 1 amide bonds. The van der Waals surface area contributed by atoms with E-state index in [1.54, 1.807) is 43.5 Å². The molecule has 28 heavy (non-hydrogen) atoms. The smallest absolute Gasteiger partial charge is 0.265 e. The van der Waals surface area contributed by atoms with Gasteiger partial charge in [-0.3, -0.25) is 10.2 Å². The van der Waals surface area contributed by atoms with Gasteiger partial charge in [0.2, 0.25) is 5.75 Å². The number of hydrogen-bond acceptors (Lipinski definition) is 7. The minimum atomic E-state index is -1.49. The van der Waals surface area contributed by atoms with Crippen LogP contribution in [-0.4, -0.2) is 51.7 Å². The molecule has 8 nitrogen and oxygen atoms in total. The van der Waals surface area contributed by atoms with Crippen LogP contribution < -0.4 is 25.1 Å². The first-order chi connectivity index (χ1) is 13.5. The Balaban J connectivity index is 2.17. The van der Waals surface area contributed by atoms with E-state index in [2.05, 4.69) is 10.9 Å². The highest BCUT2D eigenvalue weighted by atomic mass is 32.2. The number of nitrogens with one attached hydrogen (secondary N) is 2. The monoisotopic (exact) mass is 408 g/mol. The van der Waals surface area contributed by atoms with Gasteiger partial charge in [-0.2, -0.15) is 0 Å². The number of hydrazine groups is 1. The van der Waals surface area contributed by atoms with Gasteiger partial charge in [-0.15, -0.1) is 0 Å². The minimum Gasteiger partial charge on any atom is -0.493 e. The first-order valence-electron chi connectivity index (χ1n) is 8.39. The molecule has 0 aliphatic heterocycles. The number of carbonyl (C=O) groups excluding carboxylic acids is 1. The molecule has 0 radical (unpaired) electrons. The van der Waals surface area contributed by atoms with E-state index in [9.17, 15) is 9.00 Å². The molecule has 0 saturated carbocycles. The van der Waals surface area contributed by atoms with Crippen molar-refractivity contribution in [3.05, 3.63) is 42.0 Å². The van der Waals surface area contributed by atoms with Crippen molar-refractivity contribution < 1.29 is 28.0 Å². The molecule has 2 aromatic rings. The van der Waals surface area contributed by atoms with E-state index in [1.807, 2.05) is 0 Å². The number of amides is 1. The fraction of sp³-hybridized carbons (Fsp3) is 0.316. The second-order valence-corrected chi connectivity index (χ2v) is 7.01. The van der Waals surface area contributed by atoms with Gasteiger partial charge in [0.15, 0.2) is 11.5 Å². The Morgan fingerprint density at radius 3 is 2.04 bits per heavy atom. The van der Waals surface area contributed by atoms with Gasteiger partial charge in [-0.1, -0.05) is 0 Å². The highest BCUT2D eigenvalue weighted by Crippen LogP contribution is 2.39. The van der Waals surface area contributed by atoms with Crippen molar-refractivity contribution in [2.24, 2.45) is 0 Å². The summed E-state index contributed by atoms with van der Waals surface area (Å²) in [6, 6.07) is 9.78. The molecule has 0 spiro atoms. The molecule has 152 valence electrons. The second-order valence-electron chi connectivity index (χ2n) is 5.53. The van der Waals surface area contributed by atoms with Gasteiger partial charge < -0.3 is 18.9 Å². The predicted molar refractivity (Wildman–Crippen MR) is 105 cm³/mol. The van der Waals surface area contributed by atoms with E-state index in [0.29, 0.717) is 45.8 Å². The molecule has 0 fully saturated rings. The van der Waals surface area contributed by atoms with E-state index in [0.717, 1.165) is 0 Å². The number of methoxy groups -OCH3 is 4. The molecule has 1 unspecified atom stereocenters. The van der Waals surface area contributed by atoms with Crippen molar-refractivity contribution >= 4 is 16.7 Å². The fourth-order valence-corrected chi connectivity index (χ4v) is 3.48. The first-order valence-corrected chi connectivity index (χ1v) is 9.54. The second kappa shape index (κ2) is 10.6. The van der Waals surface area contributed by atoms with Gasteiger partial charge in [0.1, 0.15) is 0 Å². The molecule has 0 heterocycles. The molecular formula is C19H24N2O6S. The summed E-state index contributed by atoms with van der Waals surface area (Å²) < 4.78 is 33.7. The summed E-state index contributed by atoms with van der Waals surface area (Å²) in [6.07, 6.45) is 0. The summed E-state index contributed by atoms with van der Waals surface area (Å²) in [5.74, 6) is 0.978. The standard InChI is InChI=1S/C19H24N2O6S/c1-24-10-9-20-21-19(22)13-5-7-14(8-6-13)28(23)15-11-16(25-2)18(27-4)17(12-15)26-3/h5-8,11-12,20H,9-10H2,1-4H3,(H,21,22). The van der Waals surface area contributed by atoms with E-state index in [-0.39, 0.29) is 5.91 Å². The summed E-state index contributed by atoms with van der Waals surface area (Å²) in [5.41, 5.74) is 5.77. The van der Waals surface area contributed by atoms with E-state index in [1.165, 1.54) is 21.3 Å². The average Bonchev–Trinajstić information content (AvgIpc) is 2.74. The maximum absolute atomic E-state index is 12.9. The largest absolute Gasteiger partial charge is 0.493 e. The molecule has 0 bridgehead atoms. The first kappa shape index (κ1) is 21.7. The van der Waals surface area contributed by atoms with Crippen LogP contribution >= 0.6 is 0 Å². The lowest BCUT2D eigenvalue weighted by molar-refractivity contribution is 0.0926. The topological polar surface area (TPSA) is 95.1 Å². The normalized spacial score (nSPS) is 11.6. The van der Waals surface area contributed by atoms with E-state index < -0.39 is 10.8 Å². The molecule has 2 rings (SSSR count). The third-order valence-electron chi connectivity index (χ3n) is 3.82. The Kier molecular flexibility index (Phi) is 8.24. The highest BCUT2D eigenvalue weighted by Gasteiger charge is 2.17. The van der Waals surface area contributed by atoms with Crippen LogP contribution in [0.2, 0.25) is 0 Å². The molecule has 0 aromatic heterocycles. The zero-order valence-electron chi connectivity index (χ0n) is 16.2. The Hall–Kier alpha value is -2.62. The molecule has 9 heteroatoms. The van der Waals surface area contributed by atoms with Gasteiger partial charge in [-0.25, -0.2) is 9.63 Å². The quantitative estimate of drug-likeness (QED) is 0.457. The minimum absolute atomic E-state index is 0.291. The van der Waals surface area contributed by atoms with Crippen LogP contribution in [0.25, 0.3) is 0 Å². The molecule has 0 aliphatic carbocycles. The highest BCUT2D eigenvalue weighted by molar-refractivity contribution is 7.85. The van der Waals surface area contributed by atoms with Gasteiger partial charge in [-0.05, 0) is 24.3 Å². The lowest BCUT2D eigenvalue weighted by atomic mass is 10.2. The maximum atomic E-state index is 12.9. The Morgan fingerprint density at radius 1 is 0.929 bits per heavy atom. The van der Waals surface area contributed by atoms with Gasteiger partial charge in [0.25, 0.3) is 5.91 Å². The maximum Gasteiger partial charge on any atom is 0.265 e. The summed E-state index contributed by atoms with van der Waals surface area (Å²) in [5, 5.41) is 0. The Labute approximate surface area is 166 Å². The number of benzene rings is 2. The molecule has 2 aromatic carbocycles. The summed E-state index contributed by atoms with van der Waals surface area (Å²) in [7, 11) is 4.59. The molecule has 2 N–H and O–H groups in total. The average molecular weight is 408 g/mol. The fourth-order valence-electron chi connectivity index (χ4n) is 2.40. The molecule has 0 aliphatic rings. The van der Waals surface area contributed by atoms with Crippen molar-refractivity contribution in [1.82, 2.24) is 10.9 Å². The van der Waals surface area contributed by atoms with Crippen molar-refractivity contribution in [1.29, 1.82) is 0 Å². The molecular weight excluding hydrogens is 384 g/mol. The summed E-state index contributed by atoms with van der Waals surface area (Å²) >= 11 is 0. The lowest BCUT2D eigenvalue weighted by Crippen LogP contribution is -2.39. The SMILES string of the molecule is COCCNNC(=O)c1ccc(S(=O)c2cc(OC)c(OC)c(OC)c2)cc1. The van der Waals surface area contributed by atoms with Crippen LogP contribution in [0.5, 0.6) is 17.2 Å². The summed E-state index contributed by atoms with van der Waals surface area (Å²) in [6.45, 7) is 0.971. The van der Waals surface area contributed by atoms with Crippen LogP contribution in [0.3, 0.4) is 0 Å². The van der Waals surface area contributed by atoms with Crippen LogP contribution in [0.15, 0.2) is 46.2 Å². The predicted octanol–water partition coefficient (Wildman–Crippen LogP) is 1.76. The molecule has 1 atom stereocenters. The van der Waals surface area contributed by atoms with Gasteiger partial charge >= 0.3 is 0 Å². The van der Waals surface area contributed by atoms with Gasteiger partial charge in [0, 0.05) is 36.2 Å². The number of rotatable bonds is 10. The van der Waals surface area contributed by atoms with E-state index >= 15 is 0 Å². The zero-order valence-corrected chi connectivity index (χ0v) is 17.1. The number of ether oxygens (including phenoxy) is 4. The van der Waals surface area contributed by atoms with Crippen molar-refractivity contribution in [3.8, 4) is 17.2 Å². The number of carbonyl (C=O) groups is 1. The number of hydrogen-bond donors (Lipinski definition) is 2. The molecule has 0 saturated heterocycles. The van der Waals surface area contributed by atoms with Crippen LogP contribution in [-0.2, 0) is 15.5 Å². The Morgan fingerprint density at radius 2 is 1.54 bits per heavy atom. The Bertz CT molecular complexity index is 801. The third kappa shape index (κ3) is 5.22. The van der Waals surface area contributed by atoms with Crippen LogP contribution in [0, 0.1) is 0 Å². The third-order valence-corrected chi connectivity index (χ3v) is 5.18. The van der Waals surface area contributed by atoms with Crippen LogP contribution in [0.1, 0.15) is 10.4 Å². The summed E-state index contributed by atoms with van der Waals surface area (Å²) in [4.78, 5) is 13.1. The zero-order chi connectivity index (χ0) is 20.5. The van der Waals surface area contributed by atoms with Crippen molar-refractivity contribution in [2.75, 3.05) is 41.6 Å². The van der Waals surface area contributed by atoms with Crippen LogP contribution in [0.4, 0.5) is 0 Å². The van der Waals surface area contributed by atoms with E-state index in [4.69, 9.17) is 18.9 Å².